The molecule has 0 saturated carbocycles. The minimum Gasteiger partial charge on any atom is -0.367 e. The van der Waals surface area contributed by atoms with Crippen LogP contribution in [-0.4, -0.2) is 55.7 Å². The zero-order chi connectivity index (χ0) is 18.2. The van der Waals surface area contributed by atoms with E-state index in [1.807, 2.05) is 13.8 Å². The van der Waals surface area contributed by atoms with Gasteiger partial charge in [0.25, 0.3) is 5.91 Å². The van der Waals surface area contributed by atoms with Gasteiger partial charge in [-0.1, -0.05) is 34.6 Å². The van der Waals surface area contributed by atoms with E-state index in [1.54, 1.807) is 11.1 Å². The molecule has 0 aliphatic carbocycles. The van der Waals surface area contributed by atoms with E-state index in [4.69, 9.17) is 4.74 Å². The van der Waals surface area contributed by atoms with E-state index in [0.29, 0.717) is 31.2 Å². The molecule has 1 fully saturated rings. The Labute approximate surface area is 147 Å². The highest BCUT2D eigenvalue weighted by atomic mass is 16.5. The first-order valence-corrected chi connectivity index (χ1v) is 8.64. The lowest BCUT2D eigenvalue weighted by Crippen LogP contribution is -2.42. The molecule has 2 N–H and O–H groups in total. The standard InChI is InChI=1S/C17H26N6O2/c1-10(2)13-18-8-11(19-13)15(24)23-6-7-25-12(9-23)14-20-16(22-21-14)17(3,4)5/h8,10,12H,6-7,9H2,1-5H3,(H,18,19)(H,20,21,22)/t12-/m1/s1. The van der Waals surface area contributed by atoms with Crippen LogP contribution in [0.4, 0.5) is 0 Å². The number of rotatable bonds is 3. The summed E-state index contributed by atoms with van der Waals surface area (Å²) in [5.74, 6) is 2.41. The SMILES string of the molecule is CC(C)c1ncc(C(=O)N2CCO[C@@H](c3nc(C(C)(C)C)n[nH]3)C2)[nH]1. The number of hydrogen-bond acceptors (Lipinski definition) is 5. The molecular formula is C17H26N6O2. The normalized spacial score (nSPS) is 18.8. The molecule has 0 bridgehead atoms. The molecule has 1 aliphatic rings. The molecule has 2 aromatic rings. The van der Waals surface area contributed by atoms with E-state index in [0.717, 1.165) is 11.6 Å². The van der Waals surface area contributed by atoms with Gasteiger partial charge in [-0.05, 0) is 0 Å². The highest BCUT2D eigenvalue weighted by Crippen LogP contribution is 2.24. The number of imidazole rings is 1. The van der Waals surface area contributed by atoms with E-state index in [9.17, 15) is 4.79 Å². The van der Waals surface area contributed by atoms with E-state index in [-0.39, 0.29) is 23.3 Å². The van der Waals surface area contributed by atoms with Crippen molar-refractivity contribution in [3.05, 3.63) is 29.4 Å². The second-order valence-electron chi connectivity index (χ2n) is 7.74. The van der Waals surface area contributed by atoms with Crippen LogP contribution in [0.2, 0.25) is 0 Å². The molecule has 25 heavy (non-hydrogen) atoms. The largest absolute Gasteiger partial charge is 0.367 e. The average Bonchev–Trinajstić information content (AvgIpc) is 3.23. The second-order valence-corrected chi connectivity index (χ2v) is 7.74. The summed E-state index contributed by atoms with van der Waals surface area (Å²) >= 11 is 0. The smallest absolute Gasteiger partial charge is 0.272 e. The third-order valence-electron chi connectivity index (χ3n) is 4.20. The fourth-order valence-corrected chi connectivity index (χ4v) is 2.66. The summed E-state index contributed by atoms with van der Waals surface area (Å²) in [7, 11) is 0. The zero-order valence-electron chi connectivity index (χ0n) is 15.5. The minimum absolute atomic E-state index is 0.0664. The number of aromatic nitrogens is 5. The first kappa shape index (κ1) is 17.6. The number of carbonyl (C=O) groups is 1. The van der Waals surface area contributed by atoms with Crippen LogP contribution in [0.5, 0.6) is 0 Å². The maximum Gasteiger partial charge on any atom is 0.272 e. The molecule has 1 amide bonds. The lowest BCUT2D eigenvalue weighted by atomic mass is 9.96. The van der Waals surface area contributed by atoms with Crippen molar-refractivity contribution >= 4 is 5.91 Å². The molecule has 8 nitrogen and oxygen atoms in total. The van der Waals surface area contributed by atoms with Gasteiger partial charge in [0.2, 0.25) is 0 Å². The molecule has 2 aromatic heterocycles. The van der Waals surface area contributed by atoms with Gasteiger partial charge in [-0.2, -0.15) is 5.10 Å². The number of H-pyrrole nitrogens is 2. The zero-order valence-corrected chi connectivity index (χ0v) is 15.5. The molecule has 0 unspecified atom stereocenters. The van der Waals surface area contributed by atoms with Gasteiger partial charge in [0, 0.05) is 17.9 Å². The van der Waals surface area contributed by atoms with Crippen LogP contribution in [0.15, 0.2) is 6.20 Å². The molecule has 1 atom stereocenters. The summed E-state index contributed by atoms with van der Waals surface area (Å²) in [6.45, 7) is 11.7. The summed E-state index contributed by atoms with van der Waals surface area (Å²) in [5, 5.41) is 7.23. The van der Waals surface area contributed by atoms with Crippen molar-refractivity contribution in [2.45, 2.75) is 52.1 Å². The van der Waals surface area contributed by atoms with Crippen molar-refractivity contribution in [1.29, 1.82) is 0 Å². The highest BCUT2D eigenvalue weighted by Gasteiger charge is 2.30. The Morgan fingerprint density at radius 1 is 1.40 bits per heavy atom. The number of aromatic amines is 2. The third kappa shape index (κ3) is 3.73. The predicted octanol–water partition coefficient (Wildman–Crippen LogP) is 2.16. The van der Waals surface area contributed by atoms with Gasteiger partial charge in [0.15, 0.2) is 11.6 Å². The summed E-state index contributed by atoms with van der Waals surface area (Å²) in [5.41, 5.74) is 0.375. The van der Waals surface area contributed by atoms with Crippen LogP contribution >= 0.6 is 0 Å². The molecule has 3 heterocycles. The van der Waals surface area contributed by atoms with Crippen LogP contribution < -0.4 is 0 Å². The molecule has 0 spiro atoms. The first-order valence-electron chi connectivity index (χ1n) is 8.64. The number of amides is 1. The first-order chi connectivity index (χ1) is 11.8. The van der Waals surface area contributed by atoms with Crippen molar-refractivity contribution in [2.75, 3.05) is 19.7 Å². The summed E-state index contributed by atoms with van der Waals surface area (Å²) in [6, 6.07) is 0. The lowest BCUT2D eigenvalue weighted by molar-refractivity contribution is -0.0268. The van der Waals surface area contributed by atoms with E-state index in [1.165, 1.54) is 0 Å². The maximum atomic E-state index is 12.7. The van der Waals surface area contributed by atoms with Gasteiger partial charge in [0.05, 0.1) is 19.3 Å². The molecule has 8 heteroatoms. The molecular weight excluding hydrogens is 320 g/mol. The molecule has 3 rings (SSSR count). The van der Waals surface area contributed by atoms with Gasteiger partial charge < -0.3 is 14.6 Å². The topological polar surface area (TPSA) is 99.8 Å². The molecule has 0 radical (unpaired) electrons. The molecule has 1 saturated heterocycles. The van der Waals surface area contributed by atoms with Gasteiger partial charge in [0.1, 0.15) is 17.6 Å². The summed E-state index contributed by atoms with van der Waals surface area (Å²) in [4.78, 5) is 26.4. The van der Waals surface area contributed by atoms with E-state index >= 15 is 0 Å². The molecule has 136 valence electrons. The minimum atomic E-state index is -0.297. The maximum absolute atomic E-state index is 12.7. The number of morpholine rings is 1. The third-order valence-corrected chi connectivity index (χ3v) is 4.20. The van der Waals surface area contributed by atoms with Crippen molar-refractivity contribution in [2.24, 2.45) is 0 Å². The number of hydrogen-bond donors (Lipinski definition) is 2. The number of nitrogens with zero attached hydrogens (tertiary/aromatic N) is 4. The summed E-state index contributed by atoms with van der Waals surface area (Å²) < 4.78 is 5.80. The highest BCUT2D eigenvalue weighted by molar-refractivity contribution is 5.92. The van der Waals surface area contributed by atoms with E-state index in [2.05, 4.69) is 45.9 Å². The summed E-state index contributed by atoms with van der Waals surface area (Å²) in [6.07, 6.45) is 1.31. The van der Waals surface area contributed by atoms with Crippen LogP contribution in [0.25, 0.3) is 0 Å². The quantitative estimate of drug-likeness (QED) is 0.887. The Kier molecular flexibility index (Phi) is 4.64. The van der Waals surface area contributed by atoms with Crippen LogP contribution in [-0.2, 0) is 10.2 Å². The van der Waals surface area contributed by atoms with Gasteiger partial charge in [-0.25, -0.2) is 9.97 Å². The van der Waals surface area contributed by atoms with Crippen molar-refractivity contribution in [3.8, 4) is 0 Å². The number of nitrogens with one attached hydrogen (secondary N) is 2. The average molecular weight is 346 g/mol. The number of carbonyl (C=O) groups excluding carboxylic acids is 1. The van der Waals surface area contributed by atoms with Crippen molar-refractivity contribution in [3.63, 3.8) is 0 Å². The Hall–Kier alpha value is -2.22. The predicted molar refractivity (Wildman–Crippen MR) is 92.4 cm³/mol. The Balaban J connectivity index is 1.72. The van der Waals surface area contributed by atoms with Gasteiger partial charge in [-0.15, -0.1) is 0 Å². The molecule has 1 aliphatic heterocycles. The Morgan fingerprint density at radius 3 is 2.76 bits per heavy atom. The fourth-order valence-electron chi connectivity index (χ4n) is 2.66. The van der Waals surface area contributed by atoms with Crippen LogP contribution in [0.3, 0.4) is 0 Å². The second kappa shape index (κ2) is 6.59. The van der Waals surface area contributed by atoms with Gasteiger partial charge >= 0.3 is 0 Å². The van der Waals surface area contributed by atoms with Crippen LogP contribution in [0, 0.1) is 0 Å². The monoisotopic (exact) mass is 346 g/mol. The van der Waals surface area contributed by atoms with E-state index < -0.39 is 0 Å². The fraction of sp³-hybridized carbons (Fsp3) is 0.647. The lowest BCUT2D eigenvalue weighted by Gasteiger charge is -2.31. The van der Waals surface area contributed by atoms with Crippen molar-refractivity contribution in [1.82, 2.24) is 30.0 Å². The van der Waals surface area contributed by atoms with Gasteiger partial charge in [-0.3, -0.25) is 9.89 Å². The Bertz CT molecular complexity index is 742. The van der Waals surface area contributed by atoms with Crippen molar-refractivity contribution < 1.29 is 9.53 Å². The van der Waals surface area contributed by atoms with Crippen LogP contribution in [0.1, 0.15) is 74.6 Å². The number of ether oxygens (including phenoxy) is 1. The Morgan fingerprint density at radius 2 is 2.16 bits per heavy atom. The molecule has 0 aromatic carbocycles.